The highest BCUT2D eigenvalue weighted by atomic mass is 32.2. The summed E-state index contributed by atoms with van der Waals surface area (Å²) < 4.78 is 38.0. The molecule has 1 aliphatic rings. The van der Waals surface area contributed by atoms with Gasteiger partial charge < -0.3 is 14.0 Å². The molecule has 0 saturated carbocycles. The summed E-state index contributed by atoms with van der Waals surface area (Å²) in [5.74, 6) is 0. The van der Waals surface area contributed by atoms with E-state index < -0.39 is 9.84 Å². The number of rotatable bonds is 5. The van der Waals surface area contributed by atoms with E-state index in [-0.39, 0.29) is 17.1 Å². The van der Waals surface area contributed by atoms with Crippen molar-refractivity contribution in [3.05, 3.63) is 60.2 Å². The molecule has 0 spiro atoms. The summed E-state index contributed by atoms with van der Waals surface area (Å²) in [6.07, 6.45) is -0.143. The van der Waals surface area contributed by atoms with E-state index in [0.717, 1.165) is 16.6 Å². The van der Waals surface area contributed by atoms with Crippen molar-refractivity contribution in [2.75, 3.05) is 40.9 Å². The highest BCUT2D eigenvalue weighted by molar-refractivity contribution is 7.91. The maximum Gasteiger partial charge on any atom is 0.206 e. The number of sulfone groups is 1. The quantitative estimate of drug-likeness (QED) is 0.753. The third-order valence-electron chi connectivity index (χ3n) is 4.30. The maximum atomic E-state index is 12.7. The zero-order chi connectivity index (χ0) is 18.8. The summed E-state index contributed by atoms with van der Waals surface area (Å²) in [6, 6.07) is 15.4. The van der Waals surface area contributed by atoms with Gasteiger partial charge in [0.05, 0.1) is 44.1 Å². The Morgan fingerprint density at radius 2 is 1.54 bits per heavy atom. The molecule has 0 unspecified atom stereocenters. The van der Waals surface area contributed by atoms with Crippen LogP contribution < -0.4 is 0 Å². The van der Waals surface area contributed by atoms with Crippen LogP contribution in [-0.4, -0.2) is 59.9 Å². The first-order valence-electron chi connectivity index (χ1n) is 8.69. The topological polar surface area (TPSA) is 52.6 Å². The lowest BCUT2D eigenvalue weighted by molar-refractivity contribution is -0.874. The van der Waals surface area contributed by atoms with E-state index in [9.17, 15) is 8.42 Å². The number of likely N-dealkylation sites (N-methyl/N-ethyl adjacent to an activating group) is 1. The Hall–Kier alpha value is -1.73. The van der Waals surface area contributed by atoms with Crippen molar-refractivity contribution >= 4 is 9.84 Å². The van der Waals surface area contributed by atoms with Crippen molar-refractivity contribution in [2.24, 2.45) is 0 Å². The van der Waals surface area contributed by atoms with Gasteiger partial charge in [-0.1, -0.05) is 30.3 Å². The highest BCUT2D eigenvalue weighted by Gasteiger charge is 2.28. The molecular weight excluding hydrogens is 350 g/mol. The van der Waals surface area contributed by atoms with Crippen molar-refractivity contribution in [1.29, 1.82) is 0 Å². The van der Waals surface area contributed by atoms with Gasteiger partial charge >= 0.3 is 0 Å². The second-order valence-electron chi connectivity index (χ2n) is 7.64. The molecule has 0 aromatic heterocycles. The minimum Gasteiger partial charge on any atom is -0.375 e. The lowest BCUT2D eigenvalue weighted by atomic mass is 10.1. The monoisotopic (exact) mass is 376 g/mol. The Labute approximate surface area is 155 Å². The van der Waals surface area contributed by atoms with Crippen molar-refractivity contribution in [3.8, 4) is 0 Å². The Kier molecular flexibility index (Phi) is 5.48. The predicted octanol–water partition coefficient (Wildman–Crippen LogP) is 2.68. The Morgan fingerprint density at radius 1 is 0.923 bits per heavy atom. The van der Waals surface area contributed by atoms with E-state index in [1.54, 1.807) is 42.5 Å². The van der Waals surface area contributed by atoms with Crippen LogP contribution in [0.1, 0.15) is 11.7 Å². The van der Waals surface area contributed by atoms with E-state index in [2.05, 4.69) is 21.1 Å². The van der Waals surface area contributed by atoms with E-state index in [4.69, 9.17) is 9.47 Å². The SMILES string of the molecule is C[N+](C)(C)C[C@@H]1COC[C@H](c2ccc(S(=O)(=O)c3ccccc3)cc2)O1. The van der Waals surface area contributed by atoms with Crippen molar-refractivity contribution in [3.63, 3.8) is 0 Å². The lowest BCUT2D eigenvalue weighted by Gasteiger charge is -2.34. The molecule has 2 atom stereocenters. The molecule has 26 heavy (non-hydrogen) atoms. The zero-order valence-corrected chi connectivity index (χ0v) is 16.3. The molecule has 0 aliphatic carbocycles. The van der Waals surface area contributed by atoms with Crippen LogP contribution in [0.15, 0.2) is 64.4 Å². The van der Waals surface area contributed by atoms with Gasteiger partial charge in [0.15, 0.2) is 0 Å². The number of nitrogens with zero attached hydrogens (tertiary/aromatic N) is 1. The summed E-state index contributed by atoms with van der Waals surface area (Å²) in [5, 5.41) is 0. The first kappa shape index (κ1) is 19.0. The normalized spacial score (nSPS) is 21.5. The van der Waals surface area contributed by atoms with Gasteiger partial charge in [-0.2, -0.15) is 0 Å². The molecular formula is C20H26NO4S+. The van der Waals surface area contributed by atoms with E-state index in [1.165, 1.54) is 0 Å². The van der Waals surface area contributed by atoms with E-state index >= 15 is 0 Å². The minimum atomic E-state index is -3.50. The molecule has 0 bridgehead atoms. The van der Waals surface area contributed by atoms with Crippen molar-refractivity contribution in [2.45, 2.75) is 22.0 Å². The second kappa shape index (κ2) is 7.48. The second-order valence-corrected chi connectivity index (χ2v) is 9.59. The molecule has 1 saturated heterocycles. The zero-order valence-electron chi connectivity index (χ0n) is 15.5. The lowest BCUT2D eigenvalue weighted by Crippen LogP contribution is -2.46. The van der Waals surface area contributed by atoms with Crippen LogP contribution >= 0.6 is 0 Å². The van der Waals surface area contributed by atoms with Crippen molar-refractivity contribution in [1.82, 2.24) is 0 Å². The van der Waals surface area contributed by atoms with Crippen LogP contribution in [-0.2, 0) is 19.3 Å². The van der Waals surface area contributed by atoms with E-state index in [1.807, 2.05) is 12.1 Å². The molecule has 0 radical (unpaired) electrons. The molecule has 5 nitrogen and oxygen atoms in total. The molecule has 2 aromatic carbocycles. The average Bonchev–Trinajstić information content (AvgIpc) is 2.61. The summed E-state index contributed by atoms with van der Waals surface area (Å²) in [5.41, 5.74) is 0.933. The molecule has 1 heterocycles. The van der Waals surface area contributed by atoms with Gasteiger partial charge in [-0.25, -0.2) is 8.42 Å². The van der Waals surface area contributed by atoms with Crippen LogP contribution in [0.5, 0.6) is 0 Å². The smallest absolute Gasteiger partial charge is 0.206 e. The number of hydrogen-bond acceptors (Lipinski definition) is 4. The number of ether oxygens (including phenoxy) is 2. The van der Waals surface area contributed by atoms with Gasteiger partial charge in [-0.3, -0.25) is 0 Å². The molecule has 1 aliphatic heterocycles. The Morgan fingerprint density at radius 3 is 2.15 bits per heavy atom. The van der Waals surface area contributed by atoms with E-state index in [0.29, 0.717) is 18.1 Å². The highest BCUT2D eigenvalue weighted by Crippen LogP contribution is 2.27. The summed E-state index contributed by atoms with van der Waals surface area (Å²) in [7, 11) is 2.87. The van der Waals surface area contributed by atoms with Crippen LogP contribution in [0.25, 0.3) is 0 Å². The minimum absolute atomic E-state index is 0.0291. The Balaban J connectivity index is 1.75. The van der Waals surface area contributed by atoms with Crippen molar-refractivity contribution < 1.29 is 22.4 Å². The van der Waals surface area contributed by atoms with Crippen LogP contribution in [0, 0.1) is 0 Å². The molecule has 1 fully saturated rings. The Bertz CT molecular complexity index is 826. The summed E-state index contributed by atoms with van der Waals surface area (Å²) >= 11 is 0. The summed E-state index contributed by atoms with van der Waals surface area (Å²) in [4.78, 5) is 0.583. The largest absolute Gasteiger partial charge is 0.375 e. The molecule has 3 rings (SSSR count). The van der Waals surface area contributed by atoms with Gasteiger partial charge in [0, 0.05) is 0 Å². The van der Waals surface area contributed by atoms with Gasteiger partial charge in [-0.05, 0) is 29.8 Å². The van der Waals surface area contributed by atoms with Gasteiger partial charge in [-0.15, -0.1) is 0 Å². The fourth-order valence-corrected chi connectivity index (χ4v) is 4.38. The third kappa shape index (κ3) is 4.51. The fourth-order valence-electron chi connectivity index (χ4n) is 3.10. The maximum absolute atomic E-state index is 12.7. The molecule has 6 heteroatoms. The first-order valence-corrected chi connectivity index (χ1v) is 10.2. The molecule has 0 N–H and O–H groups in total. The fraction of sp³-hybridized carbons (Fsp3) is 0.400. The number of benzene rings is 2. The van der Waals surface area contributed by atoms with Crippen LogP contribution in [0.2, 0.25) is 0 Å². The average molecular weight is 376 g/mol. The van der Waals surface area contributed by atoms with Gasteiger partial charge in [0.2, 0.25) is 9.84 Å². The molecule has 140 valence electrons. The van der Waals surface area contributed by atoms with Gasteiger partial charge in [0.25, 0.3) is 0 Å². The third-order valence-corrected chi connectivity index (χ3v) is 6.08. The molecule has 0 amide bonds. The first-order chi connectivity index (χ1) is 12.3. The number of quaternary nitrogens is 1. The summed E-state index contributed by atoms with van der Waals surface area (Å²) in [6.45, 7) is 1.93. The standard InChI is InChI=1S/C20H26NO4S/c1-21(2,3)13-17-14-24-15-20(25-17)16-9-11-19(12-10-16)26(22,23)18-7-5-4-6-8-18/h4-12,17,20H,13-15H2,1-3H3/q+1/t17-,20-/m1/s1. The predicted molar refractivity (Wildman–Crippen MR) is 99.7 cm³/mol. The number of hydrogen-bond donors (Lipinski definition) is 0. The van der Waals surface area contributed by atoms with Crippen LogP contribution in [0.3, 0.4) is 0 Å². The van der Waals surface area contributed by atoms with Crippen LogP contribution in [0.4, 0.5) is 0 Å². The van der Waals surface area contributed by atoms with Gasteiger partial charge in [0.1, 0.15) is 18.8 Å². The molecule has 2 aromatic rings.